The number of hydrogen-bond acceptors (Lipinski definition) is 1. The summed E-state index contributed by atoms with van der Waals surface area (Å²) in [5, 5.41) is 11.3. The second-order valence-corrected chi connectivity index (χ2v) is 5.25. The standard InChI is InChI=1S/C15H20ClNO/c1-3-11(4-2)8-17-9-12(10-18)14-6-5-13(16)7-15(14)17/h5-7,9,11,18H,3-4,8,10H2,1-2H3. The van der Waals surface area contributed by atoms with Crippen molar-refractivity contribution >= 4 is 22.5 Å². The Morgan fingerprint density at radius 2 is 2.00 bits per heavy atom. The summed E-state index contributed by atoms with van der Waals surface area (Å²) < 4.78 is 2.23. The molecule has 2 nitrogen and oxygen atoms in total. The van der Waals surface area contributed by atoms with Crippen LogP contribution in [0.15, 0.2) is 24.4 Å². The van der Waals surface area contributed by atoms with Gasteiger partial charge in [0, 0.05) is 34.2 Å². The molecule has 0 aliphatic rings. The van der Waals surface area contributed by atoms with Gasteiger partial charge in [0.25, 0.3) is 0 Å². The topological polar surface area (TPSA) is 25.2 Å². The van der Waals surface area contributed by atoms with Crippen molar-refractivity contribution in [3.05, 3.63) is 35.0 Å². The van der Waals surface area contributed by atoms with Crippen LogP contribution in [-0.2, 0) is 13.2 Å². The summed E-state index contributed by atoms with van der Waals surface area (Å²) in [7, 11) is 0. The monoisotopic (exact) mass is 265 g/mol. The lowest BCUT2D eigenvalue weighted by Crippen LogP contribution is -2.08. The van der Waals surface area contributed by atoms with Crippen molar-refractivity contribution in [1.82, 2.24) is 4.57 Å². The van der Waals surface area contributed by atoms with E-state index in [1.807, 2.05) is 18.2 Å². The lowest BCUT2D eigenvalue weighted by atomic mass is 10.0. The van der Waals surface area contributed by atoms with Gasteiger partial charge in [0.15, 0.2) is 0 Å². The van der Waals surface area contributed by atoms with Gasteiger partial charge in [0.1, 0.15) is 0 Å². The largest absolute Gasteiger partial charge is 0.392 e. The highest BCUT2D eigenvalue weighted by Gasteiger charge is 2.11. The Balaban J connectivity index is 2.46. The first-order valence-electron chi connectivity index (χ1n) is 6.57. The van der Waals surface area contributed by atoms with Crippen LogP contribution >= 0.6 is 11.6 Å². The van der Waals surface area contributed by atoms with Gasteiger partial charge in [0.05, 0.1) is 6.61 Å². The molecule has 1 aromatic carbocycles. The number of hydrogen-bond donors (Lipinski definition) is 1. The molecule has 0 saturated heterocycles. The lowest BCUT2D eigenvalue weighted by Gasteiger charge is -2.14. The third-order valence-corrected chi connectivity index (χ3v) is 3.94. The van der Waals surface area contributed by atoms with Gasteiger partial charge in [-0.2, -0.15) is 0 Å². The van der Waals surface area contributed by atoms with Crippen LogP contribution in [0.1, 0.15) is 32.3 Å². The maximum absolute atomic E-state index is 9.42. The molecule has 0 fully saturated rings. The molecule has 0 spiro atoms. The summed E-state index contributed by atoms with van der Waals surface area (Å²) >= 11 is 6.07. The molecular formula is C15H20ClNO. The van der Waals surface area contributed by atoms with Crippen LogP contribution in [0.3, 0.4) is 0 Å². The average molecular weight is 266 g/mol. The van der Waals surface area contributed by atoms with Crippen LogP contribution in [0.4, 0.5) is 0 Å². The minimum atomic E-state index is 0.0774. The van der Waals surface area contributed by atoms with Gasteiger partial charge in [0.2, 0.25) is 0 Å². The first-order chi connectivity index (χ1) is 8.69. The predicted molar refractivity (Wildman–Crippen MR) is 76.9 cm³/mol. The van der Waals surface area contributed by atoms with E-state index >= 15 is 0 Å². The van der Waals surface area contributed by atoms with E-state index in [0.717, 1.165) is 28.0 Å². The van der Waals surface area contributed by atoms with E-state index in [1.54, 1.807) is 0 Å². The SMILES string of the molecule is CCC(CC)Cn1cc(CO)c2ccc(Cl)cc21. The van der Waals surface area contributed by atoms with Crippen LogP contribution < -0.4 is 0 Å². The Morgan fingerprint density at radius 1 is 1.28 bits per heavy atom. The minimum absolute atomic E-state index is 0.0774. The van der Waals surface area contributed by atoms with Gasteiger partial charge in [-0.15, -0.1) is 0 Å². The second-order valence-electron chi connectivity index (χ2n) is 4.81. The summed E-state index contributed by atoms with van der Waals surface area (Å²) in [6, 6.07) is 5.86. The molecule has 98 valence electrons. The van der Waals surface area contributed by atoms with Crippen molar-refractivity contribution in [3.8, 4) is 0 Å². The number of nitrogens with zero attached hydrogens (tertiary/aromatic N) is 1. The highest BCUT2D eigenvalue weighted by Crippen LogP contribution is 2.26. The van der Waals surface area contributed by atoms with Crippen molar-refractivity contribution in [2.24, 2.45) is 5.92 Å². The Labute approximate surface area is 113 Å². The molecule has 2 rings (SSSR count). The molecule has 2 aromatic rings. The number of aliphatic hydroxyl groups is 1. The summed E-state index contributed by atoms with van der Waals surface area (Å²) in [6.45, 7) is 5.51. The normalized spacial score (nSPS) is 11.6. The Morgan fingerprint density at radius 3 is 2.61 bits per heavy atom. The van der Waals surface area contributed by atoms with Crippen LogP contribution in [0.25, 0.3) is 10.9 Å². The summed E-state index contributed by atoms with van der Waals surface area (Å²) in [5.41, 5.74) is 2.10. The number of aliphatic hydroxyl groups excluding tert-OH is 1. The quantitative estimate of drug-likeness (QED) is 0.860. The molecule has 18 heavy (non-hydrogen) atoms. The molecule has 1 aromatic heterocycles. The van der Waals surface area contributed by atoms with Gasteiger partial charge in [-0.1, -0.05) is 44.4 Å². The molecule has 0 radical (unpaired) electrons. The fourth-order valence-corrected chi connectivity index (χ4v) is 2.61. The molecule has 0 atom stereocenters. The van der Waals surface area contributed by atoms with Crippen molar-refractivity contribution in [1.29, 1.82) is 0 Å². The van der Waals surface area contributed by atoms with Gasteiger partial charge < -0.3 is 9.67 Å². The Hall–Kier alpha value is -0.990. The number of aromatic nitrogens is 1. The van der Waals surface area contributed by atoms with E-state index in [1.165, 1.54) is 12.8 Å². The highest BCUT2D eigenvalue weighted by atomic mass is 35.5. The van der Waals surface area contributed by atoms with Gasteiger partial charge in [-0.3, -0.25) is 0 Å². The van der Waals surface area contributed by atoms with Crippen molar-refractivity contribution in [3.63, 3.8) is 0 Å². The predicted octanol–water partition coefficient (Wildman–Crippen LogP) is 4.22. The molecular weight excluding hydrogens is 246 g/mol. The molecule has 0 aliphatic carbocycles. The third kappa shape index (κ3) is 2.55. The number of rotatable bonds is 5. The van der Waals surface area contributed by atoms with E-state index in [2.05, 4.69) is 24.6 Å². The summed E-state index contributed by atoms with van der Waals surface area (Å²) in [4.78, 5) is 0. The van der Waals surface area contributed by atoms with Crippen molar-refractivity contribution in [2.75, 3.05) is 0 Å². The number of benzene rings is 1. The molecule has 0 saturated carbocycles. The molecule has 1 N–H and O–H groups in total. The second kappa shape index (κ2) is 5.77. The molecule has 0 bridgehead atoms. The maximum Gasteiger partial charge on any atom is 0.0702 e. The fraction of sp³-hybridized carbons (Fsp3) is 0.467. The van der Waals surface area contributed by atoms with E-state index in [0.29, 0.717) is 5.92 Å². The van der Waals surface area contributed by atoms with E-state index in [4.69, 9.17) is 11.6 Å². The van der Waals surface area contributed by atoms with Gasteiger partial charge in [-0.05, 0) is 18.1 Å². The Bertz CT molecular complexity index is 529. The zero-order valence-corrected chi connectivity index (χ0v) is 11.7. The van der Waals surface area contributed by atoms with Crippen molar-refractivity contribution < 1.29 is 5.11 Å². The van der Waals surface area contributed by atoms with E-state index in [9.17, 15) is 5.11 Å². The number of fused-ring (bicyclic) bond motifs is 1. The smallest absolute Gasteiger partial charge is 0.0702 e. The average Bonchev–Trinajstić information content (AvgIpc) is 2.73. The van der Waals surface area contributed by atoms with Crippen LogP contribution in [0, 0.1) is 5.92 Å². The van der Waals surface area contributed by atoms with Crippen molar-refractivity contribution in [2.45, 2.75) is 39.8 Å². The minimum Gasteiger partial charge on any atom is -0.392 e. The van der Waals surface area contributed by atoms with Crippen LogP contribution in [0.2, 0.25) is 5.02 Å². The zero-order chi connectivity index (χ0) is 13.1. The van der Waals surface area contributed by atoms with Crippen LogP contribution in [0.5, 0.6) is 0 Å². The van der Waals surface area contributed by atoms with E-state index < -0.39 is 0 Å². The first kappa shape index (κ1) is 13.4. The molecule has 0 aliphatic heterocycles. The molecule has 3 heteroatoms. The molecule has 0 unspecified atom stereocenters. The maximum atomic E-state index is 9.42. The van der Waals surface area contributed by atoms with E-state index in [-0.39, 0.29) is 6.61 Å². The van der Waals surface area contributed by atoms with Gasteiger partial charge >= 0.3 is 0 Å². The summed E-state index contributed by atoms with van der Waals surface area (Å²) in [5.74, 6) is 0.672. The highest BCUT2D eigenvalue weighted by molar-refractivity contribution is 6.31. The van der Waals surface area contributed by atoms with Gasteiger partial charge in [-0.25, -0.2) is 0 Å². The fourth-order valence-electron chi connectivity index (χ4n) is 2.44. The lowest BCUT2D eigenvalue weighted by molar-refractivity contribution is 0.282. The van der Waals surface area contributed by atoms with Crippen LogP contribution in [-0.4, -0.2) is 9.67 Å². The third-order valence-electron chi connectivity index (χ3n) is 3.71. The molecule has 1 heterocycles. The zero-order valence-electron chi connectivity index (χ0n) is 11.0. The first-order valence-corrected chi connectivity index (χ1v) is 6.95. The summed E-state index contributed by atoms with van der Waals surface area (Å²) in [6.07, 6.45) is 4.40. The Kier molecular flexibility index (Phi) is 4.31. The molecule has 0 amide bonds. The number of halogens is 1.